The first-order valence-corrected chi connectivity index (χ1v) is 10.7. The molecular weight excluding hydrogens is 360 g/mol. The summed E-state index contributed by atoms with van der Waals surface area (Å²) in [6.07, 6.45) is 3.18. The number of nitrogens with zero attached hydrogens (tertiary/aromatic N) is 2. The lowest BCUT2D eigenvalue weighted by molar-refractivity contribution is 0.000767. The van der Waals surface area contributed by atoms with E-state index >= 15 is 0 Å². The number of aliphatic hydroxyl groups is 1. The molecule has 4 heteroatoms. The van der Waals surface area contributed by atoms with Crippen molar-refractivity contribution in [2.45, 2.75) is 36.4 Å². The predicted octanol–water partition coefficient (Wildman–Crippen LogP) is 3.36. The van der Waals surface area contributed by atoms with E-state index in [-0.39, 0.29) is 24.2 Å². The van der Waals surface area contributed by atoms with Gasteiger partial charge in [-0.05, 0) is 30.4 Å². The Hall–Kier alpha value is -2.19. The van der Waals surface area contributed by atoms with Crippen molar-refractivity contribution < 1.29 is 9.84 Å². The van der Waals surface area contributed by atoms with E-state index in [1.54, 1.807) is 0 Å². The first-order valence-electron chi connectivity index (χ1n) is 10.7. The van der Waals surface area contributed by atoms with Crippen LogP contribution in [0.25, 0.3) is 0 Å². The van der Waals surface area contributed by atoms with Crippen LogP contribution in [0.15, 0.2) is 60.7 Å². The van der Waals surface area contributed by atoms with E-state index in [1.807, 2.05) is 36.4 Å². The van der Waals surface area contributed by atoms with Crippen molar-refractivity contribution in [3.05, 3.63) is 71.8 Å². The molecular formula is C25H28N2O2. The molecule has 0 aliphatic carbocycles. The maximum absolute atomic E-state index is 10.4. The highest BCUT2D eigenvalue weighted by Gasteiger charge is 2.62. The Balaban J connectivity index is 1.40. The summed E-state index contributed by atoms with van der Waals surface area (Å²) in [7, 11) is 0. The fourth-order valence-electron chi connectivity index (χ4n) is 6.11. The van der Waals surface area contributed by atoms with Gasteiger partial charge in [-0.15, -0.1) is 0 Å². The van der Waals surface area contributed by atoms with Gasteiger partial charge < -0.3 is 9.84 Å². The summed E-state index contributed by atoms with van der Waals surface area (Å²) in [6, 6.07) is 23.0. The predicted molar refractivity (Wildman–Crippen MR) is 111 cm³/mol. The number of rotatable bonds is 6. The third-order valence-corrected chi connectivity index (χ3v) is 7.59. The third kappa shape index (κ3) is 2.92. The van der Waals surface area contributed by atoms with E-state index in [0.717, 1.165) is 50.0 Å². The zero-order valence-electron chi connectivity index (χ0n) is 16.7. The minimum atomic E-state index is -0.659. The minimum absolute atomic E-state index is 0.0626. The fraction of sp³-hybridized carbons (Fsp3) is 0.480. The number of fused-ring (bicyclic) bond motifs is 1. The van der Waals surface area contributed by atoms with Gasteiger partial charge in [0, 0.05) is 38.1 Å². The van der Waals surface area contributed by atoms with Gasteiger partial charge in [-0.3, -0.25) is 4.90 Å². The van der Waals surface area contributed by atoms with Crippen LogP contribution in [0, 0.1) is 23.2 Å². The van der Waals surface area contributed by atoms with Crippen LogP contribution in [-0.4, -0.2) is 48.0 Å². The Morgan fingerprint density at radius 2 is 1.76 bits per heavy atom. The summed E-state index contributed by atoms with van der Waals surface area (Å²) >= 11 is 0. The molecule has 1 N–H and O–H groups in total. The average Bonchev–Trinajstić information content (AvgIpc) is 3.44. The van der Waals surface area contributed by atoms with Gasteiger partial charge >= 0.3 is 0 Å². The third-order valence-electron chi connectivity index (χ3n) is 7.59. The normalized spacial score (nSPS) is 31.0. The number of benzene rings is 2. The van der Waals surface area contributed by atoms with Crippen molar-refractivity contribution in [3.63, 3.8) is 0 Å². The number of hydrogen-bond donors (Lipinski definition) is 1. The van der Waals surface area contributed by atoms with Gasteiger partial charge in [-0.2, -0.15) is 5.26 Å². The molecule has 0 unspecified atom stereocenters. The molecule has 0 saturated carbocycles. The van der Waals surface area contributed by atoms with E-state index in [2.05, 4.69) is 35.2 Å². The first-order chi connectivity index (χ1) is 14.2. The summed E-state index contributed by atoms with van der Waals surface area (Å²) in [5, 5.41) is 20.2. The summed E-state index contributed by atoms with van der Waals surface area (Å²) in [5.74, 6) is 0.703. The number of nitriles is 1. The molecule has 0 aromatic heterocycles. The molecule has 29 heavy (non-hydrogen) atoms. The monoisotopic (exact) mass is 388 g/mol. The highest BCUT2D eigenvalue weighted by molar-refractivity contribution is 5.45. The summed E-state index contributed by atoms with van der Waals surface area (Å²) in [6.45, 7) is 2.96. The molecule has 4 atom stereocenters. The standard InChI is InChI=1S/C25H28N2O2/c26-17-24(19-7-3-1-4-8-19,20-9-5-2-6-10-20)13-14-27-15-22-21(16-28)23-11-12-25(22,18-27)29-23/h1-10,21-23,28H,11-16,18H2/t21-,22+,23+,25+/m1/s1. The molecule has 0 radical (unpaired) electrons. The Kier molecular flexibility index (Phi) is 4.70. The van der Waals surface area contributed by atoms with Gasteiger partial charge in [0.2, 0.25) is 0 Å². The van der Waals surface area contributed by atoms with Gasteiger partial charge in [-0.25, -0.2) is 0 Å². The molecule has 150 valence electrons. The zero-order valence-corrected chi connectivity index (χ0v) is 16.7. The van der Waals surface area contributed by atoms with E-state index in [1.165, 1.54) is 0 Å². The summed E-state index contributed by atoms with van der Waals surface area (Å²) in [4.78, 5) is 2.47. The Morgan fingerprint density at radius 1 is 1.10 bits per heavy atom. The van der Waals surface area contributed by atoms with Crippen LogP contribution in [0.1, 0.15) is 30.4 Å². The first kappa shape index (κ1) is 18.8. The van der Waals surface area contributed by atoms with Crippen LogP contribution < -0.4 is 0 Å². The number of likely N-dealkylation sites (tertiary alicyclic amines) is 1. The van der Waals surface area contributed by atoms with E-state index < -0.39 is 5.41 Å². The van der Waals surface area contributed by atoms with Crippen molar-refractivity contribution in [2.24, 2.45) is 11.8 Å². The van der Waals surface area contributed by atoms with Gasteiger partial charge in [0.1, 0.15) is 5.41 Å². The van der Waals surface area contributed by atoms with Gasteiger partial charge in [-0.1, -0.05) is 60.7 Å². The number of aliphatic hydroxyl groups excluding tert-OH is 1. The highest BCUT2D eigenvalue weighted by atomic mass is 16.5. The van der Waals surface area contributed by atoms with Crippen molar-refractivity contribution in [1.29, 1.82) is 5.26 Å². The lowest BCUT2D eigenvalue weighted by atomic mass is 9.73. The fourth-order valence-corrected chi connectivity index (χ4v) is 6.11. The molecule has 0 amide bonds. The Bertz CT molecular complexity index is 855. The minimum Gasteiger partial charge on any atom is -0.396 e. The molecule has 1 spiro atoms. The second kappa shape index (κ2) is 7.25. The smallest absolute Gasteiger partial charge is 0.108 e. The number of ether oxygens (including phenoxy) is 1. The van der Waals surface area contributed by atoms with Crippen LogP contribution in [0.2, 0.25) is 0 Å². The molecule has 3 saturated heterocycles. The van der Waals surface area contributed by atoms with Gasteiger partial charge in [0.05, 0.1) is 17.8 Å². The maximum Gasteiger partial charge on any atom is 0.108 e. The SMILES string of the molecule is N#CC(CCN1C[C@H]2[C@@H](CO)[C@@H]3CC[C@@]2(C1)O3)(c1ccccc1)c1ccccc1. The lowest BCUT2D eigenvalue weighted by Gasteiger charge is -2.30. The van der Waals surface area contributed by atoms with Crippen molar-refractivity contribution in [2.75, 3.05) is 26.2 Å². The molecule has 2 bridgehead atoms. The summed E-state index contributed by atoms with van der Waals surface area (Å²) < 4.78 is 6.38. The Morgan fingerprint density at radius 3 is 2.34 bits per heavy atom. The second-order valence-electron chi connectivity index (χ2n) is 8.95. The largest absolute Gasteiger partial charge is 0.396 e. The van der Waals surface area contributed by atoms with Crippen molar-refractivity contribution >= 4 is 0 Å². The average molecular weight is 389 g/mol. The van der Waals surface area contributed by atoms with Crippen LogP contribution in [0.5, 0.6) is 0 Å². The molecule has 4 nitrogen and oxygen atoms in total. The molecule has 3 aliphatic rings. The van der Waals surface area contributed by atoms with E-state index in [0.29, 0.717) is 5.92 Å². The van der Waals surface area contributed by atoms with Crippen molar-refractivity contribution in [1.82, 2.24) is 4.90 Å². The molecule has 2 aromatic rings. The molecule has 3 aliphatic heterocycles. The molecule has 2 aromatic carbocycles. The van der Waals surface area contributed by atoms with Crippen molar-refractivity contribution in [3.8, 4) is 6.07 Å². The summed E-state index contributed by atoms with van der Waals surface area (Å²) in [5.41, 5.74) is 1.38. The zero-order chi connectivity index (χ0) is 19.9. The van der Waals surface area contributed by atoms with Crippen LogP contribution in [0.4, 0.5) is 0 Å². The molecule has 5 rings (SSSR count). The van der Waals surface area contributed by atoms with Crippen LogP contribution in [0.3, 0.4) is 0 Å². The van der Waals surface area contributed by atoms with Crippen LogP contribution in [-0.2, 0) is 10.2 Å². The van der Waals surface area contributed by atoms with E-state index in [4.69, 9.17) is 4.74 Å². The quantitative estimate of drug-likeness (QED) is 0.824. The van der Waals surface area contributed by atoms with E-state index in [9.17, 15) is 10.4 Å². The molecule has 3 heterocycles. The van der Waals surface area contributed by atoms with Crippen LogP contribution >= 0.6 is 0 Å². The highest BCUT2D eigenvalue weighted by Crippen LogP contribution is 2.54. The molecule has 3 fully saturated rings. The maximum atomic E-state index is 10.4. The number of hydrogen-bond acceptors (Lipinski definition) is 4. The van der Waals surface area contributed by atoms with Gasteiger partial charge in [0.25, 0.3) is 0 Å². The lowest BCUT2D eigenvalue weighted by Crippen LogP contribution is -2.38. The topological polar surface area (TPSA) is 56.5 Å². The second-order valence-corrected chi connectivity index (χ2v) is 8.95. The van der Waals surface area contributed by atoms with Gasteiger partial charge in [0.15, 0.2) is 0 Å². The Labute approximate surface area is 172 Å².